The summed E-state index contributed by atoms with van der Waals surface area (Å²) in [6.45, 7) is 12.1. The van der Waals surface area contributed by atoms with Gasteiger partial charge in [0, 0.05) is 13.0 Å². The SMILES string of the molecule is CCCCCCCCCCCCCCCC(=O)NCCC.CCCCNCCCC. The van der Waals surface area contributed by atoms with Crippen LogP contribution >= 0.6 is 0 Å². The van der Waals surface area contributed by atoms with E-state index in [-0.39, 0.29) is 5.91 Å². The zero-order chi connectivity index (χ0) is 22.5. The summed E-state index contributed by atoms with van der Waals surface area (Å²) in [6, 6.07) is 0. The van der Waals surface area contributed by atoms with Gasteiger partial charge in [0.25, 0.3) is 0 Å². The third-order valence-corrected chi connectivity index (χ3v) is 5.49. The maximum absolute atomic E-state index is 11.4. The van der Waals surface area contributed by atoms with Crippen molar-refractivity contribution < 1.29 is 4.79 Å². The van der Waals surface area contributed by atoms with E-state index < -0.39 is 0 Å². The normalized spacial score (nSPS) is 10.5. The van der Waals surface area contributed by atoms with Crippen molar-refractivity contribution in [1.82, 2.24) is 10.6 Å². The molecule has 0 saturated carbocycles. The molecule has 0 spiro atoms. The molecule has 0 aliphatic rings. The number of hydrogen-bond donors (Lipinski definition) is 2. The Morgan fingerprint density at radius 1 is 0.467 bits per heavy atom. The molecule has 0 unspecified atom stereocenters. The summed E-state index contributed by atoms with van der Waals surface area (Å²) in [7, 11) is 0. The molecule has 0 fully saturated rings. The predicted molar refractivity (Wildman–Crippen MR) is 136 cm³/mol. The second-order valence-corrected chi connectivity index (χ2v) is 8.80. The fourth-order valence-electron chi connectivity index (χ4n) is 3.38. The van der Waals surface area contributed by atoms with Crippen LogP contribution in [0.5, 0.6) is 0 Å². The lowest BCUT2D eigenvalue weighted by Crippen LogP contribution is -2.23. The Kier molecular flexibility index (Phi) is 32.3. The van der Waals surface area contributed by atoms with Crippen LogP contribution < -0.4 is 10.6 Å². The minimum Gasteiger partial charge on any atom is -0.356 e. The molecule has 0 rings (SSSR count). The lowest BCUT2D eigenvalue weighted by molar-refractivity contribution is -0.121. The van der Waals surface area contributed by atoms with E-state index in [2.05, 4.69) is 38.3 Å². The van der Waals surface area contributed by atoms with Crippen LogP contribution in [0.2, 0.25) is 0 Å². The quantitative estimate of drug-likeness (QED) is 0.171. The van der Waals surface area contributed by atoms with Crippen LogP contribution in [0.1, 0.15) is 150 Å². The van der Waals surface area contributed by atoms with Crippen LogP contribution in [-0.2, 0) is 4.79 Å². The molecule has 0 aliphatic heterocycles. The van der Waals surface area contributed by atoms with E-state index in [1.54, 1.807) is 0 Å². The molecule has 0 aromatic carbocycles. The lowest BCUT2D eigenvalue weighted by Gasteiger charge is -2.04. The minimum absolute atomic E-state index is 0.236. The van der Waals surface area contributed by atoms with Crippen LogP contribution in [0.4, 0.5) is 0 Å². The summed E-state index contributed by atoms with van der Waals surface area (Å²) in [6.07, 6.45) is 24.7. The molecular weight excluding hydrogens is 368 g/mol. The van der Waals surface area contributed by atoms with Gasteiger partial charge in [-0.1, -0.05) is 118 Å². The molecule has 0 aromatic heterocycles. The molecule has 0 saturated heterocycles. The van der Waals surface area contributed by atoms with E-state index in [1.165, 1.54) is 116 Å². The van der Waals surface area contributed by atoms with E-state index in [4.69, 9.17) is 0 Å². The number of carbonyl (C=O) groups excluding carboxylic acids is 1. The molecule has 0 bridgehead atoms. The standard InChI is InChI=1S/C19H39NO.C8H19N/c1-3-5-6-7-8-9-10-11-12-13-14-15-16-17-19(21)20-18-4-2;1-3-5-7-9-8-6-4-2/h3-18H2,1-2H3,(H,20,21);9H,3-8H2,1-2H3. The van der Waals surface area contributed by atoms with Crippen LogP contribution in [0.15, 0.2) is 0 Å². The van der Waals surface area contributed by atoms with Gasteiger partial charge in [-0.15, -0.1) is 0 Å². The first kappa shape index (κ1) is 31.6. The molecule has 0 aliphatic carbocycles. The summed E-state index contributed by atoms with van der Waals surface area (Å²) in [4.78, 5) is 11.4. The zero-order valence-electron chi connectivity index (χ0n) is 21.5. The topological polar surface area (TPSA) is 41.1 Å². The number of rotatable bonds is 22. The molecule has 1 amide bonds. The molecular formula is C27H58N2O. The Balaban J connectivity index is 0. The van der Waals surface area contributed by atoms with E-state index in [9.17, 15) is 4.79 Å². The van der Waals surface area contributed by atoms with E-state index >= 15 is 0 Å². The van der Waals surface area contributed by atoms with Crippen molar-refractivity contribution in [3.8, 4) is 0 Å². The molecule has 0 heterocycles. The maximum atomic E-state index is 11.4. The fourth-order valence-corrected chi connectivity index (χ4v) is 3.38. The van der Waals surface area contributed by atoms with Crippen molar-refractivity contribution in [3.05, 3.63) is 0 Å². The fraction of sp³-hybridized carbons (Fsp3) is 0.963. The van der Waals surface area contributed by atoms with Crippen LogP contribution in [0, 0.1) is 0 Å². The average Bonchev–Trinajstić information content (AvgIpc) is 2.76. The molecule has 0 radical (unpaired) electrons. The van der Waals surface area contributed by atoms with Crippen molar-refractivity contribution in [1.29, 1.82) is 0 Å². The van der Waals surface area contributed by atoms with Crippen LogP contribution in [-0.4, -0.2) is 25.5 Å². The van der Waals surface area contributed by atoms with Crippen molar-refractivity contribution in [2.24, 2.45) is 0 Å². The molecule has 0 aromatic rings. The maximum Gasteiger partial charge on any atom is 0.219 e. The first-order valence-corrected chi connectivity index (χ1v) is 13.7. The van der Waals surface area contributed by atoms with E-state index in [1.807, 2.05) is 0 Å². The Bertz CT molecular complexity index is 301. The number of unbranched alkanes of at least 4 members (excludes halogenated alkanes) is 14. The number of carbonyl (C=O) groups is 1. The molecule has 182 valence electrons. The highest BCUT2D eigenvalue weighted by molar-refractivity contribution is 5.75. The Morgan fingerprint density at radius 3 is 1.27 bits per heavy atom. The zero-order valence-corrected chi connectivity index (χ0v) is 21.5. The third kappa shape index (κ3) is 32.1. The Labute approximate surface area is 190 Å². The summed E-state index contributed by atoms with van der Waals surface area (Å²) >= 11 is 0. The second kappa shape index (κ2) is 30.6. The monoisotopic (exact) mass is 426 g/mol. The van der Waals surface area contributed by atoms with Crippen molar-refractivity contribution in [2.45, 2.75) is 150 Å². The summed E-state index contributed by atoms with van der Waals surface area (Å²) < 4.78 is 0. The van der Waals surface area contributed by atoms with Crippen LogP contribution in [0.3, 0.4) is 0 Å². The molecule has 2 N–H and O–H groups in total. The van der Waals surface area contributed by atoms with Gasteiger partial charge in [-0.3, -0.25) is 4.79 Å². The number of nitrogens with one attached hydrogen (secondary N) is 2. The lowest BCUT2D eigenvalue weighted by atomic mass is 10.0. The van der Waals surface area contributed by atoms with Gasteiger partial charge >= 0.3 is 0 Å². The predicted octanol–water partition coefficient (Wildman–Crippen LogP) is 8.17. The average molecular weight is 427 g/mol. The molecule has 0 atom stereocenters. The Hall–Kier alpha value is -0.570. The summed E-state index contributed by atoms with van der Waals surface area (Å²) in [5, 5.41) is 6.32. The summed E-state index contributed by atoms with van der Waals surface area (Å²) in [5.41, 5.74) is 0. The van der Waals surface area contributed by atoms with Gasteiger partial charge in [0.15, 0.2) is 0 Å². The van der Waals surface area contributed by atoms with E-state index in [0.717, 1.165) is 25.8 Å². The molecule has 3 heteroatoms. The first-order valence-electron chi connectivity index (χ1n) is 13.7. The highest BCUT2D eigenvalue weighted by Crippen LogP contribution is 2.12. The van der Waals surface area contributed by atoms with Gasteiger partial charge in [0.2, 0.25) is 5.91 Å². The van der Waals surface area contributed by atoms with Crippen molar-refractivity contribution in [3.63, 3.8) is 0 Å². The smallest absolute Gasteiger partial charge is 0.219 e. The third-order valence-electron chi connectivity index (χ3n) is 5.49. The van der Waals surface area contributed by atoms with Crippen molar-refractivity contribution >= 4 is 5.91 Å². The highest BCUT2D eigenvalue weighted by atomic mass is 16.1. The van der Waals surface area contributed by atoms with Crippen molar-refractivity contribution in [2.75, 3.05) is 19.6 Å². The van der Waals surface area contributed by atoms with Gasteiger partial charge in [-0.2, -0.15) is 0 Å². The van der Waals surface area contributed by atoms with Gasteiger partial charge in [0.1, 0.15) is 0 Å². The van der Waals surface area contributed by atoms with Gasteiger partial charge in [-0.05, 0) is 38.8 Å². The Morgan fingerprint density at radius 2 is 0.867 bits per heavy atom. The number of hydrogen-bond acceptors (Lipinski definition) is 2. The highest BCUT2D eigenvalue weighted by Gasteiger charge is 1.99. The summed E-state index contributed by atoms with van der Waals surface area (Å²) in [5.74, 6) is 0.236. The second-order valence-electron chi connectivity index (χ2n) is 8.80. The minimum atomic E-state index is 0.236. The largest absolute Gasteiger partial charge is 0.356 e. The molecule has 3 nitrogen and oxygen atoms in total. The van der Waals surface area contributed by atoms with Gasteiger partial charge in [0.05, 0.1) is 0 Å². The van der Waals surface area contributed by atoms with Crippen LogP contribution in [0.25, 0.3) is 0 Å². The number of amides is 1. The molecule has 30 heavy (non-hydrogen) atoms. The van der Waals surface area contributed by atoms with Gasteiger partial charge < -0.3 is 10.6 Å². The first-order chi connectivity index (χ1) is 14.7. The van der Waals surface area contributed by atoms with Gasteiger partial charge in [-0.25, -0.2) is 0 Å². The van der Waals surface area contributed by atoms with E-state index in [0.29, 0.717) is 0 Å².